The Bertz CT molecular complexity index is 525. The van der Waals surface area contributed by atoms with E-state index in [0.717, 1.165) is 24.9 Å². The predicted molar refractivity (Wildman–Crippen MR) is 85.6 cm³/mol. The van der Waals surface area contributed by atoms with Crippen LogP contribution in [0.1, 0.15) is 18.4 Å². The quantitative estimate of drug-likeness (QED) is 0.857. The minimum Gasteiger partial charge on any atom is -0.396 e. The van der Waals surface area contributed by atoms with E-state index >= 15 is 0 Å². The molecule has 2 fully saturated rings. The van der Waals surface area contributed by atoms with Crippen LogP contribution in [0.3, 0.4) is 0 Å². The molecule has 1 aromatic heterocycles. The van der Waals surface area contributed by atoms with Crippen LogP contribution in [-0.4, -0.2) is 71.3 Å². The number of morpholine rings is 1. The fourth-order valence-electron chi connectivity index (χ4n) is 3.69. The number of carbonyl (C=O) groups is 1. The van der Waals surface area contributed by atoms with Crippen molar-refractivity contribution < 1.29 is 14.6 Å². The number of hydrogen-bond donors (Lipinski definition) is 1. The number of ether oxygens (including phenoxy) is 1. The highest BCUT2D eigenvalue weighted by Crippen LogP contribution is 2.34. The van der Waals surface area contributed by atoms with Crippen LogP contribution in [0.25, 0.3) is 0 Å². The smallest absolute Gasteiger partial charge is 0.237 e. The standard InChI is InChI=1S/C17H25N3O3/c1-19(10-13-2-4-18-5-3-13)11-17(22)20-6-7-23-16-9-14(12-21)8-15(16)20/h2-5,14-16,21H,6-12H2,1H3/t14-,15+,16+/m1/s1. The Kier molecular flexibility index (Phi) is 5.25. The predicted octanol–water partition coefficient (Wildman–Crippen LogP) is 0.512. The number of carbonyl (C=O) groups excluding carboxylic acids is 1. The molecule has 3 atom stereocenters. The lowest BCUT2D eigenvalue weighted by Gasteiger charge is -2.38. The molecule has 23 heavy (non-hydrogen) atoms. The highest BCUT2D eigenvalue weighted by atomic mass is 16.5. The minimum absolute atomic E-state index is 0.0929. The topological polar surface area (TPSA) is 65.9 Å². The summed E-state index contributed by atoms with van der Waals surface area (Å²) in [6.07, 6.45) is 5.34. The molecule has 6 nitrogen and oxygen atoms in total. The number of aliphatic hydroxyl groups excluding tert-OH is 1. The molecule has 0 bridgehead atoms. The molecule has 126 valence electrons. The third-order valence-corrected chi connectivity index (χ3v) is 4.82. The zero-order valence-electron chi connectivity index (χ0n) is 13.6. The van der Waals surface area contributed by atoms with Gasteiger partial charge in [0.2, 0.25) is 5.91 Å². The van der Waals surface area contributed by atoms with Crippen LogP contribution in [0.15, 0.2) is 24.5 Å². The van der Waals surface area contributed by atoms with Crippen molar-refractivity contribution in [3.05, 3.63) is 30.1 Å². The van der Waals surface area contributed by atoms with E-state index in [2.05, 4.69) is 4.98 Å². The van der Waals surface area contributed by atoms with E-state index in [1.54, 1.807) is 12.4 Å². The van der Waals surface area contributed by atoms with Crippen LogP contribution in [0.5, 0.6) is 0 Å². The molecular weight excluding hydrogens is 294 g/mol. The van der Waals surface area contributed by atoms with Crippen molar-refractivity contribution in [3.8, 4) is 0 Å². The van der Waals surface area contributed by atoms with Crippen molar-refractivity contribution in [1.29, 1.82) is 0 Å². The normalized spacial score (nSPS) is 27.3. The van der Waals surface area contributed by atoms with Gasteiger partial charge in [0.25, 0.3) is 0 Å². The highest BCUT2D eigenvalue weighted by Gasteiger charge is 2.42. The highest BCUT2D eigenvalue weighted by molar-refractivity contribution is 5.78. The first-order valence-corrected chi connectivity index (χ1v) is 8.26. The van der Waals surface area contributed by atoms with Crippen LogP contribution in [0, 0.1) is 5.92 Å². The second-order valence-electron chi connectivity index (χ2n) is 6.61. The summed E-state index contributed by atoms with van der Waals surface area (Å²) >= 11 is 0. The van der Waals surface area contributed by atoms with Crippen molar-refractivity contribution in [1.82, 2.24) is 14.8 Å². The van der Waals surface area contributed by atoms with Crippen molar-refractivity contribution in [2.75, 3.05) is 33.4 Å². The zero-order valence-corrected chi connectivity index (χ0v) is 13.6. The number of pyridine rings is 1. The lowest BCUT2D eigenvalue weighted by atomic mass is 10.1. The van der Waals surface area contributed by atoms with E-state index in [1.807, 2.05) is 29.0 Å². The first kappa shape index (κ1) is 16.4. The van der Waals surface area contributed by atoms with E-state index in [1.165, 1.54) is 0 Å². The maximum absolute atomic E-state index is 12.7. The van der Waals surface area contributed by atoms with Gasteiger partial charge in [-0.2, -0.15) is 0 Å². The number of hydrogen-bond acceptors (Lipinski definition) is 5. The Morgan fingerprint density at radius 3 is 2.96 bits per heavy atom. The van der Waals surface area contributed by atoms with Gasteiger partial charge in [0.05, 0.1) is 25.3 Å². The summed E-state index contributed by atoms with van der Waals surface area (Å²) in [5, 5.41) is 9.38. The lowest BCUT2D eigenvalue weighted by Crippen LogP contribution is -2.53. The number of likely N-dealkylation sites (N-methyl/N-ethyl adjacent to an activating group) is 1. The third kappa shape index (κ3) is 3.88. The third-order valence-electron chi connectivity index (χ3n) is 4.82. The summed E-state index contributed by atoms with van der Waals surface area (Å²) in [5.41, 5.74) is 1.15. The number of fused-ring (bicyclic) bond motifs is 1. The molecule has 1 saturated heterocycles. The van der Waals surface area contributed by atoms with Gasteiger partial charge in [0.15, 0.2) is 0 Å². The first-order chi connectivity index (χ1) is 11.2. The molecule has 0 aromatic carbocycles. The molecule has 6 heteroatoms. The van der Waals surface area contributed by atoms with E-state index in [9.17, 15) is 9.90 Å². The number of amides is 1. The molecule has 1 amide bonds. The summed E-state index contributed by atoms with van der Waals surface area (Å²) < 4.78 is 5.79. The van der Waals surface area contributed by atoms with Crippen LogP contribution in [0.4, 0.5) is 0 Å². The Morgan fingerprint density at radius 1 is 1.43 bits per heavy atom. The van der Waals surface area contributed by atoms with Gasteiger partial charge in [0, 0.05) is 32.1 Å². The van der Waals surface area contributed by atoms with E-state index in [-0.39, 0.29) is 30.6 Å². The number of rotatable bonds is 5. The fraction of sp³-hybridized carbons (Fsp3) is 0.647. The van der Waals surface area contributed by atoms with Crippen LogP contribution in [-0.2, 0) is 16.1 Å². The van der Waals surface area contributed by atoms with Gasteiger partial charge in [-0.05, 0) is 43.5 Å². The Labute approximate surface area is 137 Å². The van der Waals surface area contributed by atoms with Crippen molar-refractivity contribution in [2.24, 2.45) is 5.92 Å². The number of aliphatic hydroxyl groups is 1. The summed E-state index contributed by atoms with van der Waals surface area (Å²) in [7, 11) is 1.96. The molecule has 3 rings (SSSR count). The molecular formula is C17H25N3O3. The first-order valence-electron chi connectivity index (χ1n) is 8.26. The maximum Gasteiger partial charge on any atom is 0.237 e. The molecule has 1 aromatic rings. The van der Waals surface area contributed by atoms with E-state index < -0.39 is 0 Å². The van der Waals surface area contributed by atoms with Crippen molar-refractivity contribution in [3.63, 3.8) is 0 Å². The Balaban J connectivity index is 1.57. The number of nitrogens with zero attached hydrogens (tertiary/aromatic N) is 3. The molecule has 2 heterocycles. The molecule has 2 aliphatic rings. The van der Waals surface area contributed by atoms with Gasteiger partial charge in [-0.1, -0.05) is 0 Å². The second kappa shape index (κ2) is 7.38. The summed E-state index contributed by atoms with van der Waals surface area (Å²) in [6.45, 7) is 2.56. The van der Waals surface area contributed by atoms with Crippen LogP contribution in [0.2, 0.25) is 0 Å². The molecule has 0 radical (unpaired) electrons. The fourth-order valence-corrected chi connectivity index (χ4v) is 3.69. The largest absolute Gasteiger partial charge is 0.396 e. The van der Waals surface area contributed by atoms with Crippen molar-refractivity contribution in [2.45, 2.75) is 31.5 Å². The Morgan fingerprint density at radius 2 is 2.22 bits per heavy atom. The van der Waals surface area contributed by atoms with E-state index in [0.29, 0.717) is 19.7 Å². The minimum atomic E-state index is 0.0929. The molecule has 1 aliphatic heterocycles. The monoisotopic (exact) mass is 319 g/mol. The SMILES string of the molecule is CN(CC(=O)N1CCO[C@H]2C[C@H](CO)C[C@@H]21)Cc1ccncc1. The molecule has 0 spiro atoms. The second-order valence-corrected chi connectivity index (χ2v) is 6.61. The molecule has 1 N–H and O–H groups in total. The summed E-state index contributed by atoms with van der Waals surface area (Å²) in [4.78, 5) is 20.7. The maximum atomic E-state index is 12.7. The van der Waals surface area contributed by atoms with Gasteiger partial charge in [0.1, 0.15) is 0 Å². The Hall–Kier alpha value is -1.50. The van der Waals surface area contributed by atoms with Gasteiger partial charge in [-0.15, -0.1) is 0 Å². The summed E-state index contributed by atoms with van der Waals surface area (Å²) in [6, 6.07) is 4.06. The number of aromatic nitrogens is 1. The van der Waals surface area contributed by atoms with Crippen LogP contribution >= 0.6 is 0 Å². The summed E-state index contributed by atoms with van der Waals surface area (Å²) in [5.74, 6) is 0.409. The average molecular weight is 319 g/mol. The van der Waals surface area contributed by atoms with Gasteiger partial charge < -0.3 is 14.7 Å². The lowest BCUT2D eigenvalue weighted by molar-refractivity contribution is -0.144. The van der Waals surface area contributed by atoms with Gasteiger partial charge >= 0.3 is 0 Å². The zero-order chi connectivity index (χ0) is 16.2. The van der Waals surface area contributed by atoms with Crippen LogP contribution < -0.4 is 0 Å². The van der Waals surface area contributed by atoms with E-state index in [4.69, 9.17) is 4.74 Å². The van der Waals surface area contributed by atoms with Gasteiger partial charge in [-0.25, -0.2) is 0 Å². The molecule has 0 unspecified atom stereocenters. The van der Waals surface area contributed by atoms with Crippen molar-refractivity contribution >= 4 is 5.91 Å². The van der Waals surface area contributed by atoms with Gasteiger partial charge in [-0.3, -0.25) is 14.7 Å². The average Bonchev–Trinajstić information content (AvgIpc) is 2.98. The molecule has 1 aliphatic carbocycles. The molecule has 1 saturated carbocycles.